The molecule has 2 aromatic heterocycles. The number of benzene rings is 1. The van der Waals surface area contributed by atoms with Crippen LogP contribution in [0, 0.1) is 6.92 Å². The van der Waals surface area contributed by atoms with E-state index in [4.69, 9.17) is 27.9 Å². The minimum atomic E-state index is -0.156. The van der Waals surface area contributed by atoms with Crippen LogP contribution in [0.3, 0.4) is 0 Å². The van der Waals surface area contributed by atoms with Gasteiger partial charge in [0.15, 0.2) is 0 Å². The van der Waals surface area contributed by atoms with Gasteiger partial charge in [-0.2, -0.15) is 4.98 Å². The zero-order chi connectivity index (χ0) is 17.1. The highest BCUT2D eigenvalue weighted by Gasteiger charge is 2.10. The van der Waals surface area contributed by atoms with Crippen LogP contribution in [0.15, 0.2) is 23.6 Å². The highest BCUT2D eigenvalue weighted by molar-refractivity contribution is 7.15. The van der Waals surface area contributed by atoms with Crippen LogP contribution in [-0.2, 0) is 4.79 Å². The van der Waals surface area contributed by atoms with Gasteiger partial charge in [0.2, 0.25) is 16.8 Å². The third-order valence-electron chi connectivity index (χ3n) is 3.20. The SMILES string of the molecule is Cc1csc2nc(NC(=O)CCCOc3ccc(Cl)cc3Cl)nn12. The van der Waals surface area contributed by atoms with Crippen molar-refractivity contribution in [1.82, 2.24) is 14.6 Å². The second kappa shape index (κ2) is 7.38. The lowest BCUT2D eigenvalue weighted by molar-refractivity contribution is -0.116. The van der Waals surface area contributed by atoms with Crippen molar-refractivity contribution in [3.8, 4) is 5.75 Å². The number of rotatable bonds is 6. The Morgan fingerprint density at radius 1 is 1.42 bits per heavy atom. The Hall–Kier alpha value is -1.83. The number of aromatic nitrogens is 3. The molecule has 3 rings (SSSR count). The number of ether oxygens (including phenoxy) is 1. The van der Waals surface area contributed by atoms with Crippen molar-refractivity contribution in [3.63, 3.8) is 0 Å². The third-order valence-corrected chi connectivity index (χ3v) is 4.66. The van der Waals surface area contributed by atoms with Crippen LogP contribution in [0.4, 0.5) is 5.95 Å². The maximum Gasteiger partial charge on any atom is 0.250 e. The molecule has 1 amide bonds. The van der Waals surface area contributed by atoms with E-state index in [-0.39, 0.29) is 5.91 Å². The lowest BCUT2D eigenvalue weighted by atomic mass is 10.3. The smallest absolute Gasteiger partial charge is 0.250 e. The highest BCUT2D eigenvalue weighted by atomic mass is 35.5. The number of nitrogens with one attached hydrogen (secondary N) is 1. The largest absolute Gasteiger partial charge is 0.492 e. The Labute approximate surface area is 152 Å². The van der Waals surface area contributed by atoms with Gasteiger partial charge in [0.25, 0.3) is 0 Å². The van der Waals surface area contributed by atoms with Crippen LogP contribution < -0.4 is 10.1 Å². The maximum atomic E-state index is 11.9. The molecule has 0 atom stereocenters. The molecule has 1 aromatic carbocycles. The van der Waals surface area contributed by atoms with Gasteiger partial charge in [-0.25, -0.2) is 4.52 Å². The average Bonchev–Trinajstić information content (AvgIpc) is 3.07. The number of hydrogen-bond acceptors (Lipinski definition) is 5. The van der Waals surface area contributed by atoms with E-state index >= 15 is 0 Å². The number of fused-ring (bicyclic) bond motifs is 1. The summed E-state index contributed by atoms with van der Waals surface area (Å²) in [7, 11) is 0. The Morgan fingerprint density at radius 2 is 2.25 bits per heavy atom. The summed E-state index contributed by atoms with van der Waals surface area (Å²) in [5.41, 5.74) is 0.983. The minimum absolute atomic E-state index is 0.156. The molecule has 126 valence electrons. The molecule has 0 radical (unpaired) electrons. The van der Waals surface area contributed by atoms with Crippen LogP contribution in [0.1, 0.15) is 18.5 Å². The molecule has 0 aliphatic carbocycles. The number of nitrogens with zero attached hydrogens (tertiary/aromatic N) is 3. The predicted octanol–water partition coefficient (Wildman–Crippen LogP) is 4.20. The van der Waals surface area contributed by atoms with Gasteiger partial charge in [-0.1, -0.05) is 23.2 Å². The summed E-state index contributed by atoms with van der Waals surface area (Å²) in [6, 6.07) is 5.02. The fourth-order valence-electron chi connectivity index (χ4n) is 2.04. The van der Waals surface area contributed by atoms with Crippen LogP contribution in [0.2, 0.25) is 10.0 Å². The number of thiazole rings is 1. The zero-order valence-corrected chi connectivity index (χ0v) is 15.1. The molecular formula is C15H14Cl2N4O2S. The summed E-state index contributed by atoms with van der Waals surface area (Å²) in [5, 5.41) is 9.88. The van der Waals surface area contributed by atoms with Gasteiger partial charge in [0.05, 0.1) is 17.3 Å². The van der Waals surface area contributed by atoms with Crippen LogP contribution in [0.25, 0.3) is 4.96 Å². The van der Waals surface area contributed by atoms with Gasteiger partial charge in [-0.3, -0.25) is 10.1 Å². The van der Waals surface area contributed by atoms with Gasteiger partial charge in [0, 0.05) is 16.8 Å². The number of aryl methyl sites for hydroxylation is 1. The first-order chi connectivity index (χ1) is 11.5. The van der Waals surface area contributed by atoms with Crippen LogP contribution in [-0.4, -0.2) is 27.1 Å². The van der Waals surface area contributed by atoms with Crippen molar-refractivity contribution in [2.45, 2.75) is 19.8 Å². The quantitative estimate of drug-likeness (QED) is 0.646. The molecule has 0 fully saturated rings. The Bertz CT molecular complexity index is 878. The monoisotopic (exact) mass is 384 g/mol. The Kier molecular flexibility index (Phi) is 5.23. The molecule has 2 heterocycles. The molecule has 0 saturated carbocycles. The van der Waals surface area contributed by atoms with Crippen molar-refractivity contribution >= 4 is 51.4 Å². The van der Waals surface area contributed by atoms with E-state index in [2.05, 4.69) is 15.4 Å². The zero-order valence-electron chi connectivity index (χ0n) is 12.8. The number of carbonyl (C=O) groups is 1. The molecule has 0 unspecified atom stereocenters. The minimum Gasteiger partial charge on any atom is -0.492 e. The summed E-state index contributed by atoms with van der Waals surface area (Å²) in [6.07, 6.45) is 0.850. The number of halogens is 2. The summed E-state index contributed by atoms with van der Waals surface area (Å²) in [5.74, 6) is 0.710. The average molecular weight is 385 g/mol. The highest BCUT2D eigenvalue weighted by Crippen LogP contribution is 2.27. The summed E-state index contributed by atoms with van der Waals surface area (Å²) in [4.78, 5) is 16.9. The fraction of sp³-hybridized carbons (Fsp3) is 0.267. The summed E-state index contributed by atoms with van der Waals surface area (Å²) >= 11 is 13.3. The second-order valence-corrected chi connectivity index (χ2v) is 6.76. The molecule has 3 aromatic rings. The molecule has 0 aliphatic rings. The van der Waals surface area contributed by atoms with Gasteiger partial charge in [0.1, 0.15) is 5.75 Å². The molecule has 6 nitrogen and oxygen atoms in total. The summed E-state index contributed by atoms with van der Waals surface area (Å²) in [6.45, 7) is 2.31. The maximum absolute atomic E-state index is 11.9. The Balaban J connectivity index is 1.45. The van der Waals surface area contributed by atoms with Gasteiger partial charge >= 0.3 is 0 Å². The molecule has 0 saturated heterocycles. The first-order valence-corrected chi connectivity index (χ1v) is 8.85. The van der Waals surface area contributed by atoms with Crippen LogP contribution in [0.5, 0.6) is 5.75 Å². The van der Waals surface area contributed by atoms with Gasteiger partial charge < -0.3 is 4.74 Å². The number of hydrogen-bond donors (Lipinski definition) is 1. The van der Waals surface area contributed by atoms with Crippen molar-refractivity contribution in [2.24, 2.45) is 0 Å². The lowest BCUT2D eigenvalue weighted by Crippen LogP contribution is -2.14. The van der Waals surface area contributed by atoms with Crippen LogP contribution >= 0.6 is 34.5 Å². The topological polar surface area (TPSA) is 68.5 Å². The normalized spacial score (nSPS) is 11.0. The molecule has 0 aliphatic heterocycles. The number of anilines is 1. The van der Waals surface area contributed by atoms with Crippen molar-refractivity contribution < 1.29 is 9.53 Å². The Morgan fingerprint density at radius 3 is 3.00 bits per heavy atom. The van der Waals surface area contributed by atoms with Gasteiger partial charge in [-0.05, 0) is 31.5 Å². The molecular weight excluding hydrogens is 371 g/mol. The van der Waals surface area contributed by atoms with E-state index in [1.54, 1.807) is 22.7 Å². The van der Waals surface area contributed by atoms with Crippen molar-refractivity contribution in [2.75, 3.05) is 11.9 Å². The molecule has 1 N–H and O–H groups in total. The second-order valence-electron chi connectivity index (χ2n) is 5.08. The van der Waals surface area contributed by atoms with E-state index in [0.29, 0.717) is 41.2 Å². The molecule has 0 spiro atoms. The number of amides is 1. The number of carbonyl (C=O) groups excluding carboxylic acids is 1. The fourth-order valence-corrected chi connectivity index (χ4v) is 3.30. The third kappa shape index (κ3) is 3.98. The van der Waals surface area contributed by atoms with Gasteiger partial charge in [-0.15, -0.1) is 16.4 Å². The van der Waals surface area contributed by atoms with E-state index in [1.807, 2.05) is 12.3 Å². The predicted molar refractivity (Wildman–Crippen MR) is 95.4 cm³/mol. The molecule has 24 heavy (non-hydrogen) atoms. The first kappa shape index (κ1) is 17.0. The van der Waals surface area contributed by atoms with E-state index in [1.165, 1.54) is 11.3 Å². The van der Waals surface area contributed by atoms with Crippen molar-refractivity contribution in [3.05, 3.63) is 39.3 Å². The standard InChI is InChI=1S/C15H14Cl2N4O2S/c1-9-8-24-15-19-14(20-21(9)15)18-13(22)3-2-6-23-12-5-4-10(16)7-11(12)17/h4-5,7-8H,2-3,6H2,1H3,(H,18,20,22). The lowest BCUT2D eigenvalue weighted by Gasteiger charge is -2.07. The van der Waals surface area contributed by atoms with E-state index in [9.17, 15) is 4.79 Å². The summed E-state index contributed by atoms with van der Waals surface area (Å²) < 4.78 is 7.24. The molecule has 9 heteroatoms. The van der Waals surface area contributed by atoms with E-state index < -0.39 is 0 Å². The van der Waals surface area contributed by atoms with E-state index in [0.717, 1.165) is 10.7 Å². The van der Waals surface area contributed by atoms with Crippen molar-refractivity contribution in [1.29, 1.82) is 0 Å². The molecule has 0 bridgehead atoms. The first-order valence-electron chi connectivity index (χ1n) is 7.21.